The average Bonchev–Trinajstić information content (AvgIpc) is 2.72. The van der Waals surface area contributed by atoms with E-state index in [-0.39, 0.29) is 17.7 Å². The van der Waals surface area contributed by atoms with Crippen LogP contribution in [0.4, 0.5) is 13.2 Å². The number of hydrogen-bond donors (Lipinski definition) is 0. The van der Waals surface area contributed by atoms with Crippen LogP contribution in [-0.4, -0.2) is 61.0 Å². The number of carbonyl (C=O) groups excluding carboxylic acids is 2. The molecule has 0 spiro atoms. The third-order valence-electron chi connectivity index (χ3n) is 6.83. The molecule has 0 aromatic heterocycles. The van der Waals surface area contributed by atoms with Crippen molar-refractivity contribution in [1.29, 1.82) is 0 Å². The van der Waals surface area contributed by atoms with Crippen molar-refractivity contribution in [3.05, 3.63) is 35.4 Å². The van der Waals surface area contributed by atoms with E-state index in [2.05, 4.69) is 0 Å². The van der Waals surface area contributed by atoms with Crippen LogP contribution in [0.5, 0.6) is 0 Å². The SMILES string of the molecule is O=C(C1CCC1)N1CCN(C(=O)C2(c3cccc(C(F)(F)F)c3)CCOCC2)CC1. The molecule has 0 unspecified atom stereocenters. The number of ether oxygens (including phenoxy) is 1. The minimum absolute atomic E-state index is 0.124. The van der Waals surface area contributed by atoms with Gasteiger partial charge in [-0.2, -0.15) is 13.2 Å². The van der Waals surface area contributed by atoms with E-state index < -0.39 is 17.2 Å². The van der Waals surface area contributed by atoms with Crippen molar-refractivity contribution in [3.63, 3.8) is 0 Å². The van der Waals surface area contributed by atoms with E-state index in [4.69, 9.17) is 4.74 Å². The molecule has 3 fully saturated rings. The molecule has 0 N–H and O–H groups in total. The van der Waals surface area contributed by atoms with Gasteiger partial charge in [-0.15, -0.1) is 0 Å². The van der Waals surface area contributed by atoms with Crippen molar-refractivity contribution in [3.8, 4) is 0 Å². The van der Waals surface area contributed by atoms with Gasteiger partial charge in [0.05, 0.1) is 11.0 Å². The van der Waals surface area contributed by atoms with Gasteiger partial charge in [-0.25, -0.2) is 0 Å². The zero-order valence-corrected chi connectivity index (χ0v) is 16.9. The summed E-state index contributed by atoms with van der Waals surface area (Å²) in [5.41, 5.74) is -1.35. The topological polar surface area (TPSA) is 49.9 Å². The predicted molar refractivity (Wildman–Crippen MR) is 104 cm³/mol. The Labute approximate surface area is 174 Å². The molecule has 2 heterocycles. The molecular weight excluding hydrogens is 397 g/mol. The standard InChI is InChI=1S/C22H27F3N2O3/c23-22(24,25)18-6-2-5-17(15-18)21(7-13-30-14-8-21)20(29)27-11-9-26(10-12-27)19(28)16-3-1-4-16/h2,5-6,15-16H,1,3-4,7-14H2. The molecule has 0 bridgehead atoms. The van der Waals surface area contributed by atoms with Crippen LogP contribution in [0.15, 0.2) is 24.3 Å². The second kappa shape index (κ2) is 8.21. The van der Waals surface area contributed by atoms with Gasteiger partial charge in [-0.05, 0) is 37.3 Å². The first-order valence-electron chi connectivity index (χ1n) is 10.6. The fraction of sp³-hybridized carbons (Fsp3) is 0.636. The maximum Gasteiger partial charge on any atom is 0.416 e. The van der Waals surface area contributed by atoms with Gasteiger partial charge >= 0.3 is 6.18 Å². The lowest BCUT2D eigenvalue weighted by molar-refractivity contribution is -0.148. The Kier molecular flexibility index (Phi) is 5.79. The number of benzene rings is 1. The zero-order valence-electron chi connectivity index (χ0n) is 16.9. The van der Waals surface area contributed by atoms with Crippen LogP contribution < -0.4 is 0 Å². The van der Waals surface area contributed by atoms with Crippen LogP contribution in [0.3, 0.4) is 0 Å². The number of alkyl halides is 3. The van der Waals surface area contributed by atoms with Gasteiger partial charge in [0.25, 0.3) is 0 Å². The Bertz CT molecular complexity index is 793. The smallest absolute Gasteiger partial charge is 0.381 e. The summed E-state index contributed by atoms with van der Waals surface area (Å²) < 4.78 is 45.3. The predicted octanol–water partition coefficient (Wildman–Crippen LogP) is 3.22. The van der Waals surface area contributed by atoms with E-state index in [1.807, 2.05) is 4.90 Å². The molecule has 1 aromatic carbocycles. The highest BCUT2D eigenvalue weighted by Gasteiger charge is 2.46. The van der Waals surface area contributed by atoms with Crippen molar-refractivity contribution in [1.82, 2.24) is 9.80 Å². The van der Waals surface area contributed by atoms with Crippen LogP contribution in [-0.2, 0) is 25.9 Å². The molecule has 30 heavy (non-hydrogen) atoms. The zero-order chi connectivity index (χ0) is 21.4. The molecule has 8 heteroatoms. The number of rotatable bonds is 3. The molecule has 4 rings (SSSR count). The molecule has 1 saturated carbocycles. The highest BCUT2D eigenvalue weighted by atomic mass is 19.4. The Balaban J connectivity index is 1.53. The van der Waals surface area contributed by atoms with Crippen molar-refractivity contribution >= 4 is 11.8 Å². The van der Waals surface area contributed by atoms with Crippen LogP contribution in [0.25, 0.3) is 0 Å². The summed E-state index contributed by atoms with van der Waals surface area (Å²) in [5, 5.41) is 0. The first kappa shape index (κ1) is 21.2. The summed E-state index contributed by atoms with van der Waals surface area (Å²) in [6.07, 6.45) is -0.772. The van der Waals surface area contributed by atoms with E-state index in [1.54, 1.807) is 11.0 Å². The Morgan fingerprint density at radius 1 is 1.00 bits per heavy atom. The lowest BCUT2D eigenvalue weighted by atomic mass is 9.72. The fourth-order valence-electron chi connectivity index (χ4n) is 4.69. The van der Waals surface area contributed by atoms with Gasteiger partial charge in [0.1, 0.15) is 0 Å². The highest BCUT2D eigenvalue weighted by molar-refractivity contribution is 5.89. The summed E-state index contributed by atoms with van der Waals surface area (Å²) in [6.45, 7) is 2.47. The maximum atomic E-state index is 13.6. The largest absolute Gasteiger partial charge is 0.416 e. The molecule has 2 aliphatic heterocycles. The summed E-state index contributed by atoms with van der Waals surface area (Å²) >= 11 is 0. The molecular formula is C22H27F3N2O3. The maximum absolute atomic E-state index is 13.6. The number of nitrogens with zero attached hydrogens (tertiary/aromatic N) is 2. The number of amides is 2. The van der Waals surface area contributed by atoms with E-state index in [0.29, 0.717) is 57.8 Å². The lowest BCUT2D eigenvalue weighted by Crippen LogP contribution is -2.57. The van der Waals surface area contributed by atoms with Crippen molar-refractivity contribution in [2.45, 2.75) is 43.7 Å². The van der Waals surface area contributed by atoms with Gasteiger partial charge in [-0.1, -0.05) is 24.6 Å². The van der Waals surface area contributed by atoms with E-state index in [1.165, 1.54) is 6.07 Å². The molecule has 3 aliphatic rings. The van der Waals surface area contributed by atoms with Crippen LogP contribution in [0.2, 0.25) is 0 Å². The Morgan fingerprint density at radius 2 is 1.63 bits per heavy atom. The first-order valence-corrected chi connectivity index (χ1v) is 10.6. The molecule has 1 aliphatic carbocycles. The minimum Gasteiger partial charge on any atom is -0.381 e. The molecule has 5 nitrogen and oxygen atoms in total. The van der Waals surface area contributed by atoms with E-state index in [9.17, 15) is 22.8 Å². The Hall–Kier alpha value is -2.09. The molecule has 2 saturated heterocycles. The van der Waals surface area contributed by atoms with E-state index >= 15 is 0 Å². The quantitative estimate of drug-likeness (QED) is 0.749. The summed E-state index contributed by atoms with van der Waals surface area (Å²) in [7, 11) is 0. The third kappa shape index (κ3) is 3.94. The number of piperazine rings is 1. The van der Waals surface area contributed by atoms with Crippen LogP contribution in [0, 0.1) is 5.92 Å². The average molecular weight is 424 g/mol. The number of hydrogen-bond acceptors (Lipinski definition) is 3. The molecule has 164 valence electrons. The second-order valence-electron chi connectivity index (χ2n) is 8.52. The van der Waals surface area contributed by atoms with Crippen molar-refractivity contribution in [2.24, 2.45) is 5.92 Å². The summed E-state index contributed by atoms with van der Waals surface area (Å²) in [4.78, 5) is 29.6. The molecule has 1 aromatic rings. The minimum atomic E-state index is -4.46. The van der Waals surface area contributed by atoms with Gasteiger partial charge in [0.2, 0.25) is 11.8 Å². The van der Waals surface area contributed by atoms with Crippen molar-refractivity contribution < 1.29 is 27.5 Å². The van der Waals surface area contributed by atoms with Crippen LogP contribution in [0.1, 0.15) is 43.2 Å². The molecule has 0 atom stereocenters. The van der Waals surface area contributed by atoms with Crippen LogP contribution >= 0.6 is 0 Å². The van der Waals surface area contributed by atoms with Gasteiger partial charge in [0, 0.05) is 45.3 Å². The van der Waals surface area contributed by atoms with Gasteiger partial charge in [-0.3, -0.25) is 9.59 Å². The summed E-state index contributed by atoms with van der Waals surface area (Å²) in [6, 6.07) is 5.14. The molecule has 0 radical (unpaired) electrons. The number of carbonyl (C=O) groups is 2. The third-order valence-corrected chi connectivity index (χ3v) is 6.83. The first-order chi connectivity index (χ1) is 14.3. The number of halogens is 3. The fourth-order valence-corrected chi connectivity index (χ4v) is 4.69. The lowest BCUT2D eigenvalue weighted by Gasteiger charge is -2.44. The van der Waals surface area contributed by atoms with Crippen molar-refractivity contribution in [2.75, 3.05) is 39.4 Å². The van der Waals surface area contributed by atoms with E-state index in [0.717, 1.165) is 31.4 Å². The monoisotopic (exact) mass is 424 g/mol. The van der Waals surface area contributed by atoms with Gasteiger partial charge < -0.3 is 14.5 Å². The van der Waals surface area contributed by atoms with Gasteiger partial charge in [0.15, 0.2) is 0 Å². The highest BCUT2D eigenvalue weighted by Crippen LogP contribution is 2.40. The Morgan fingerprint density at radius 3 is 2.20 bits per heavy atom. The summed E-state index contributed by atoms with van der Waals surface area (Å²) in [5.74, 6) is 0.145. The second-order valence-corrected chi connectivity index (χ2v) is 8.52. The normalized spacial score (nSPS) is 22.5. The molecule has 2 amide bonds.